The van der Waals surface area contributed by atoms with Crippen LogP contribution in [0.15, 0.2) is 15.5 Å². The first-order valence-corrected chi connectivity index (χ1v) is 9.26. The molecular formula is C17H28IN3O3S. The molecular weight excluding hydrogens is 453 g/mol. The van der Waals surface area contributed by atoms with E-state index >= 15 is 0 Å². The van der Waals surface area contributed by atoms with Crippen LogP contribution in [0.2, 0.25) is 0 Å². The zero-order chi connectivity index (χ0) is 17.7. The van der Waals surface area contributed by atoms with Crippen LogP contribution in [0.25, 0.3) is 0 Å². The summed E-state index contributed by atoms with van der Waals surface area (Å²) in [4.78, 5) is 18.3. The first-order chi connectivity index (χ1) is 11.5. The average molecular weight is 481 g/mol. The molecule has 1 unspecified atom stereocenters. The van der Waals surface area contributed by atoms with Gasteiger partial charge in [-0.25, -0.2) is 4.79 Å². The molecule has 2 rings (SSSR count). The Balaban J connectivity index is 0.00000312. The number of thioether (sulfide) groups is 1. The highest BCUT2D eigenvalue weighted by Gasteiger charge is 2.25. The van der Waals surface area contributed by atoms with E-state index in [1.165, 1.54) is 7.11 Å². The van der Waals surface area contributed by atoms with Gasteiger partial charge in [-0.1, -0.05) is 13.8 Å². The van der Waals surface area contributed by atoms with Gasteiger partial charge >= 0.3 is 5.97 Å². The van der Waals surface area contributed by atoms with Crippen molar-refractivity contribution in [2.45, 2.75) is 32.6 Å². The van der Waals surface area contributed by atoms with E-state index in [4.69, 9.17) is 9.15 Å². The number of furan rings is 1. The minimum absolute atomic E-state index is 0. The van der Waals surface area contributed by atoms with E-state index in [0.717, 1.165) is 24.8 Å². The number of aryl methyl sites for hydroxylation is 1. The van der Waals surface area contributed by atoms with Crippen LogP contribution in [0.1, 0.15) is 35.7 Å². The third kappa shape index (κ3) is 5.80. The fourth-order valence-corrected chi connectivity index (χ4v) is 4.01. The number of nitrogens with one attached hydrogen (secondary N) is 1. The summed E-state index contributed by atoms with van der Waals surface area (Å²) in [5, 5.41) is 3.95. The molecule has 142 valence electrons. The summed E-state index contributed by atoms with van der Waals surface area (Å²) in [5.74, 6) is 3.51. The molecule has 6 nitrogen and oxygen atoms in total. The molecule has 0 aliphatic carbocycles. The van der Waals surface area contributed by atoms with E-state index in [1.54, 1.807) is 20.0 Å². The van der Waals surface area contributed by atoms with Crippen LogP contribution in [-0.2, 0) is 11.3 Å². The van der Waals surface area contributed by atoms with Crippen LogP contribution < -0.4 is 5.32 Å². The number of halogens is 1. The molecule has 1 atom stereocenters. The minimum atomic E-state index is -0.375. The predicted molar refractivity (Wildman–Crippen MR) is 113 cm³/mol. The molecule has 0 radical (unpaired) electrons. The number of rotatable bonds is 4. The second-order valence-electron chi connectivity index (χ2n) is 6.17. The Morgan fingerprint density at radius 3 is 2.88 bits per heavy atom. The molecule has 1 N–H and O–H groups in total. The van der Waals surface area contributed by atoms with Crippen LogP contribution in [0.5, 0.6) is 0 Å². The molecule has 0 aromatic carbocycles. The van der Waals surface area contributed by atoms with E-state index in [9.17, 15) is 4.79 Å². The van der Waals surface area contributed by atoms with Gasteiger partial charge in [0.05, 0.1) is 13.7 Å². The van der Waals surface area contributed by atoms with Crippen molar-refractivity contribution in [3.63, 3.8) is 0 Å². The number of methoxy groups -OCH3 is 1. The van der Waals surface area contributed by atoms with Crippen molar-refractivity contribution < 1.29 is 13.9 Å². The van der Waals surface area contributed by atoms with Gasteiger partial charge in [0, 0.05) is 31.1 Å². The number of guanidine groups is 1. The molecule has 2 heterocycles. The number of aliphatic imine (C=N–C) groups is 1. The van der Waals surface area contributed by atoms with Crippen LogP contribution in [0.4, 0.5) is 0 Å². The lowest BCUT2D eigenvalue weighted by Crippen LogP contribution is -2.48. The van der Waals surface area contributed by atoms with Crippen LogP contribution in [0.3, 0.4) is 0 Å². The summed E-state index contributed by atoms with van der Waals surface area (Å²) in [5.41, 5.74) is 0.471. The fraction of sp³-hybridized carbons (Fsp3) is 0.647. The zero-order valence-electron chi connectivity index (χ0n) is 15.5. The van der Waals surface area contributed by atoms with E-state index in [0.29, 0.717) is 34.8 Å². The van der Waals surface area contributed by atoms with Gasteiger partial charge in [-0.3, -0.25) is 4.99 Å². The highest BCUT2D eigenvalue weighted by molar-refractivity contribution is 14.0. The summed E-state index contributed by atoms with van der Waals surface area (Å²) in [7, 11) is 3.16. The van der Waals surface area contributed by atoms with Crippen LogP contribution in [0, 0.1) is 12.8 Å². The molecule has 1 saturated heterocycles. The highest BCUT2D eigenvalue weighted by atomic mass is 127. The van der Waals surface area contributed by atoms with E-state index in [2.05, 4.69) is 29.1 Å². The molecule has 1 aromatic heterocycles. The van der Waals surface area contributed by atoms with E-state index < -0.39 is 0 Å². The number of hydrogen-bond donors (Lipinski definition) is 1. The molecule has 1 aliphatic heterocycles. The minimum Gasteiger partial charge on any atom is -0.465 e. The molecule has 1 fully saturated rings. The summed E-state index contributed by atoms with van der Waals surface area (Å²) in [6.45, 7) is 8.75. The van der Waals surface area contributed by atoms with Gasteiger partial charge in [0.2, 0.25) is 0 Å². The van der Waals surface area contributed by atoms with Gasteiger partial charge in [-0.05, 0) is 18.9 Å². The highest BCUT2D eigenvalue weighted by Crippen LogP contribution is 2.25. The van der Waals surface area contributed by atoms with Crippen molar-refractivity contribution in [3.05, 3.63) is 23.2 Å². The summed E-state index contributed by atoms with van der Waals surface area (Å²) >= 11 is 2.03. The van der Waals surface area contributed by atoms with E-state index in [1.807, 2.05) is 11.8 Å². The molecule has 0 amide bonds. The quantitative estimate of drug-likeness (QED) is 0.309. The Morgan fingerprint density at radius 2 is 2.28 bits per heavy atom. The molecule has 0 saturated carbocycles. The first-order valence-electron chi connectivity index (χ1n) is 8.21. The molecule has 8 heteroatoms. The third-order valence-electron chi connectivity index (χ3n) is 4.14. The Morgan fingerprint density at radius 1 is 1.56 bits per heavy atom. The van der Waals surface area contributed by atoms with Crippen LogP contribution in [-0.4, -0.2) is 55.1 Å². The standard InChI is InChI=1S/C17H27N3O3S.HI/c1-11(2)15-10-20(6-7-24-15)17(18-4)19-9-13-8-14(12(3)23-13)16(21)22-5;/h8,11,15H,6-7,9-10H2,1-5H3,(H,18,19);1H. The van der Waals surface area contributed by atoms with Crippen molar-refractivity contribution >= 4 is 47.7 Å². The number of ether oxygens (including phenoxy) is 1. The molecule has 25 heavy (non-hydrogen) atoms. The SMILES string of the molecule is CN=C(NCc1cc(C(=O)OC)c(C)o1)N1CCSC(C(C)C)C1.I. The first kappa shape index (κ1) is 22.1. The number of carbonyl (C=O) groups excluding carboxylic acids is 1. The molecule has 1 aliphatic rings. The lowest BCUT2D eigenvalue weighted by Gasteiger charge is -2.36. The molecule has 0 bridgehead atoms. The third-order valence-corrected chi connectivity index (χ3v) is 5.68. The topological polar surface area (TPSA) is 67.1 Å². The Bertz CT molecular complexity index is 604. The van der Waals surface area contributed by atoms with Crippen molar-refractivity contribution in [2.75, 3.05) is 33.0 Å². The van der Waals surface area contributed by atoms with Crippen molar-refractivity contribution in [1.29, 1.82) is 0 Å². The normalized spacial score (nSPS) is 18.1. The fourth-order valence-electron chi connectivity index (χ4n) is 2.71. The Hall–Kier alpha value is -0.900. The smallest absolute Gasteiger partial charge is 0.341 e. The van der Waals surface area contributed by atoms with Gasteiger partial charge in [0.1, 0.15) is 17.1 Å². The number of hydrogen-bond acceptors (Lipinski definition) is 5. The largest absolute Gasteiger partial charge is 0.465 e. The van der Waals surface area contributed by atoms with Gasteiger partial charge < -0.3 is 19.4 Å². The van der Waals surface area contributed by atoms with Gasteiger partial charge in [-0.15, -0.1) is 24.0 Å². The monoisotopic (exact) mass is 481 g/mol. The lowest BCUT2D eigenvalue weighted by atomic mass is 10.1. The average Bonchev–Trinajstić information content (AvgIpc) is 2.95. The van der Waals surface area contributed by atoms with Crippen molar-refractivity contribution in [2.24, 2.45) is 10.9 Å². The number of carbonyl (C=O) groups is 1. The maximum Gasteiger partial charge on any atom is 0.341 e. The Labute approximate surface area is 171 Å². The van der Waals surface area contributed by atoms with Gasteiger partial charge in [0.15, 0.2) is 5.96 Å². The summed E-state index contributed by atoms with van der Waals surface area (Å²) in [6, 6.07) is 1.73. The van der Waals surface area contributed by atoms with E-state index in [-0.39, 0.29) is 29.9 Å². The van der Waals surface area contributed by atoms with Crippen molar-refractivity contribution in [3.8, 4) is 0 Å². The van der Waals surface area contributed by atoms with Crippen LogP contribution >= 0.6 is 35.7 Å². The maximum absolute atomic E-state index is 11.7. The second-order valence-corrected chi connectivity index (χ2v) is 7.52. The Kier molecular flexibility index (Phi) is 9.12. The number of nitrogens with zero attached hydrogens (tertiary/aromatic N) is 2. The maximum atomic E-state index is 11.7. The lowest BCUT2D eigenvalue weighted by molar-refractivity contribution is 0.0599. The zero-order valence-corrected chi connectivity index (χ0v) is 18.6. The predicted octanol–water partition coefficient (Wildman–Crippen LogP) is 3.14. The molecule has 1 aromatic rings. The molecule has 0 spiro atoms. The summed E-state index contributed by atoms with van der Waals surface area (Å²) < 4.78 is 10.4. The summed E-state index contributed by atoms with van der Waals surface area (Å²) in [6.07, 6.45) is 0. The number of esters is 1. The van der Waals surface area contributed by atoms with Gasteiger partial charge in [-0.2, -0.15) is 11.8 Å². The second kappa shape index (κ2) is 10.3. The van der Waals surface area contributed by atoms with Gasteiger partial charge in [0.25, 0.3) is 0 Å². The van der Waals surface area contributed by atoms with Crippen molar-refractivity contribution in [1.82, 2.24) is 10.2 Å².